The fourth-order valence-electron chi connectivity index (χ4n) is 2.35. The molecule has 0 aliphatic heterocycles. The molecule has 0 atom stereocenters. The first kappa shape index (κ1) is 17.0. The summed E-state index contributed by atoms with van der Waals surface area (Å²) in [4.78, 5) is 16.6. The summed E-state index contributed by atoms with van der Waals surface area (Å²) >= 11 is 0. The Morgan fingerprint density at radius 3 is 2.87 bits per heavy atom. The highest BCUT2D eigenvalue weighted by atomic mass is 16.5. The summed E-state index contributed by atoms with van der Waals surface area (Å²) in [5, 5.41) is 6.18. The fourth-order valence-corrected chi connectivity index (χ4v) is 2.35. The number of ether oxygens (including phenoxy) is 1. The van der Waals surface area contributed by atoms with Crippen LogP contribution in [-0.2, 0) is 11.2 Å². The smallest absolute Gasteiger partial charge is 0.257 e. The number of hydrogen-bond donors (Lipinski definition) is 2. The lowest BCUT2D eigenvalue weighted by molar-refractivity contribution is 0.102. The van der Waals surface area contributed by atoms with E-state index in [4.69, 9.17) is 4.74 Å². The Morgan fingerprint density at radius 2 is 2.13 bits per heavy atom. The zero-order valence-corrected chi connectivity index (χ0v) is 13.8. The van der Waals surface area contributed by atoms with Gasteiger partial charge in [-0.2, -0.15) is 0 Å². The zero-order chi connectivity index (χ0) is 16.7. The third-order valence-electron chi connectivity index (χ3n) is 3.61. The van der Waals surface area contributed by atoms with Gasteiger partial charge in [-0.05, 0) is 30.5 Å². The van der Waals surface area contributed by atoms with Crippen LogP contribution in [0.25, 0.3) is 0 Å². The van der Waals surface area contributed by atoms with Gasteiger partial charge < -0.3 is 15.4 Å². The van der Waals surface area contributed by atoms with Crippen molar-refractivity contribution in [2.45, 2.75) is 20.3 Å². The number of anilines is 2. The lowest BCUT2D eigenvalue weighted by Gasteiger charge is -2.13. The summed E-state index contributed by atoms with van der Waals surface area (Å²) in [6.45, 7) is 5.34. The Kier molecular flexibility index (Phi) is 6.11. The van der Waals surface area contributed by atoms with Crippen LogP contribution in [0.3, 0.4) is 0 Å². The maximum Gasteiger partial charge on any atom is 0.257 e. The molecule has 2 rings (SSSR count). The second-order valence-electron chi connectivity index (χ2n) is 5.30. The van der Waals surface area contributed by atoms with Crippen LogP contribution in [0.1, 0.15) is 28.4 Å². The second kappa shape index (κ2) is 8.29. The number of hydrogen-bond acceptors (Lipinski definition) is 4. The largest absolute Gasteiger partial charge is 0.383 e. The van der Waals surface area contributed by atoms with Crippen molar-refractivity contribution < 1.29 is 9.53 Å². The van der Waals surface area contributed by atoms with E-state index in [-0.39, 0.29) is 5.91 Å². The maximum absolute atomic E-state index is 12.5. The number of amides is 1. The molecule has 0 radical (unpaired) electrons. The van der Waals surface area contributed by atoms with Crippen molar-refractivity contribution in [1.82, 2.24) is 4.98 Å². The van der Waals surface area contributed by atoms with Crippen molar-refractivity contribution in [2.24, 2.45) is 0 Å². The molecule has 0 unspecified atom stereocenters. The molecule has 0 aliphatic carbocycles. The predicted molar refractivity (Wildman–Crippen MR) is 93.1 cm³/mol. The van der Waals surface area contributed by atoms with Gasteiger partial charge in [0.15, 0.2) is 0 Å². The van der Waals surface area contributed by atoms with E-state index in [1.807, 2.05) is 25.1 Å². The first-order chi connectivity index (χ1) is 11.2. The van der Waals surface area contributed by atoms with Gasteiger partial charge >= 0.3 is 0 Å². The molecular weight excluding hydrogens is 290 g/mol. The van der Waals surface area contributed by atoms with Crippen molar-refractivity contribution in [3.8, 4) is 0 Å². The van der Waals surface area contributed by atoms with Gasteiger partial charge in [-0.1, -0.05) is 25.1 Å². The molecule has 1 heterocycles. The van der Waals surface area contributed by atoms with Gasteiger partial charge in [-0.25, -0.2) is 0 Å². The minimum Gasteiger partial charge on any atom is -0.383 e. The van der Waals surface area contributed by atoms with E-state index < -0.39 is 0 Å². The number of pyridine rings is 1. The minimum atomic E-state index is -0.156. The number of nitrogens with zero attached hydrogens (tertiary/aromatic N) is 1. The van der Waals surface area contributed by atoms with Gasteiger partial charge in [0.1, 0.15) is 0 Å². The van der Waals surface area contributed by atoms with Crippen molar-refractivity contribution >= 4 is 17.3 Å². The minimum absolute atomic E-state index is 0.156. The molecule has 0 aliphatic rings. The molecule has 122 valence electrons. The number of aromatic nitrogens is 1. The molecule has 1 amide bonds. The predicted octanol–water partition coefficient (Wildman–Crippen LogP) is 3.26. The third kappa shape index (κ3) is 4.53. The van der Waals surface area contributed by atoms with Gasteiger partial charge in [-0.3, -0.25) is 9.78 Å². The highest BCUT2D eigenvalue weighted by molar-refractivity contribution is 6.05. The van der Waals surface area contributed by atoms with Gasteiger partial charge in [0.05, 0.1) is 17.9 Å². The van der Waals surface area contributed by atoms with Crippen LogP contribution in [-0.4, -0.2) is 31.2 Å². The number of benzene rings is 1. The van der Waals surface area contributed by atoms with Gasteiger partial charge in [-0.15, -0.1) is 0 Å². The molecule has 2 aromatic rings. The van der Waals surface area contributed by atoms with E-state index >= 15 is 0 Å². The molecule has 0 saturated heterocycles. The van der Waals surface area contributed by atoms with Gasteiger partial charge in [0, 0.05) is 31.7 Å². The Morgan fingerprint density at radius 1 is 1.30 bits per heavy atom. The Hall–Kier alpha value is -2.40. The van der Waals surface area contributed by atoms with E-state index in [1.165, 1.54) is 0 Å². The molecule has 0 fully saturated rings. The van der Waals surface area contributed by atoms with Crippen LogP contribution >= 0.6 is 0 Å². The molecular formula is C18H23N3O2. The molecule has 23 heavy (non-hydrogen) atoms. The number of nitrogens with one attached hydrogen (secondary N) is 2. The van der Waals surface area contributed by atoms with Crippen molar-refractivity contribution in [2.75, 3.05) is 30.9 Å². The summed E-state index contributed by atoms with van der Waals surface area (Å²) in [6, 6.07) is 7.83. The second-order valence-corrected chi connectivity index (χ2v) is 5.30. The Labute approximate surface area is 137 Å². The van der Waals surface area contributed by atoms with Crippen LogP contribution < -0.4 is 10.6 Å². The molecule has 5 heteroatoms. The first-order valence-electron chi connectivity index (χ1n) is 7.73. The average molecular weight is 313 g/mol. The van der Waals surface area contributed by atoms with E-state index in [9.17, 15) is 4.79 Å². The highest BCUT2D eigenvalue weighted by Gasteiger charge is 2.11. The Balaban J connectivity index is 2.14. The molecule has 2 N–H and O–H groups in total. The topological polar surface area (TPSA) is 63.2 Å². The van der Waals surface area contributed by atoms with Crippen LogP contribution in [0.4, 0.5) is 11.4 Å². The first-order valence-corrected chi connectivity index (χ1v) is 7.73. The van der Waals surface area contributed by atoms with Crippen LogP contribution in [0, 0.1) is 6.92 Å². The molecule has 0 saturated carbocycles. The quantitative estimate of drug-likeness (QED) is 0.770. The van der Waals surface area contributed by atoms with Gasteiger partial charge in [0.2, 0.25) is 0 Å². The standard InChI is InChI=1S/C18H23N3O2/c1-4-14-7-5-6-13(2)17(14)21-18(22)15-10-16(12-19-11-15)20-8-9-23-3/h5-7,10-12,20H,4,8-9H2,1-3H3,(H,21,22). The van der Waals surface area contributed by atoms with Crippen molar-refractivity contribution in [3.63, 3.8) is 0 Å². The summed E-state index contributed by atoms with van der Waals surface area (Å²) in [5.41, 5.74) is 4.39. The maximum atomic E-state index is 12.5. The number of methoxy groups -OCH3 is 1. The number of carbonyl (C=O) groups excluding carboxylic acids is 1. The fraction of sp³-hybridized carbons (Fsp3) is 0.333. The average Bonchev–Trinajstić information content (AvgIpc) is 2.57. The van der Waals surface area contributed by atoms with Crippen molar-refractivity contribution in [1.29, 1.82) is 0 Å². The van der Waals surface area contributed by atoms with Crippen LogP contribution in [0.2, 0.25) is 0 Å². The van der Waals surface area contributed by atoms with E-state index in [1.54, 1.807) is 25.6 Å². The van der Waals surface area contributed by atoms with Crippen molar-refractivity contribution in [3.05, 3.63) is 53.3 Å². The van der Waals surface area contributed by atoms with Crippen LogP contribution in [0.15, 0.2) is 36.7 Å². The van der Waals surface area contributed by atoms with E-state index in [0.29, 0.717) is 18.7 Å². The number of rotatable bonds is 7. The summed E-state index contributed by atoms with van der Waals surface area (Å²) in [7, 11) is 1.65. The normalized spacial score (nSPS) is 10.4. The van der Waals surface area contributed by atoms with E-state index in [2.05, 4.69) is 22.5 Å². The molecule has 0 bridgehead atoms. The third-order valence-corrected chi connectivity index (χ3v) is 3.61. The summed E-state index contributed by atoms with van der Waals surface area (Å²) in [5.74, 6) is -0.156. The zero-order valence-electron chi connectivity index (χ0n) is 13.8. The monoisotopic (exact) mass is 313 g/mol. The molecule has 1 aromatic carbocycles. The van der Waals surface area contributed by atoms with E-state index in [0.717, 1.165) is 28.9 Å². The number of carbonyl (C=O) groups is 1. The lowest BCUT2D eigenvalue weighted by Crippen LogP contribution is -2.15. The SMILES string of the molecule is CCc1cccc(C)c1NC(=O)c1cncc(NCCOC)c1. The number of aryl methyl sites for hydroxylation is 2. The molecule has 0 spiro atoms. The Bertz CT molecular complexity index is 671. The molecule has 5 nitrogen and oxygen atoms in total. The van der Waals surface area contributed by atoms with Gasteiger partial charge in [0.25, 0.3) is 5.91 Å². The summed E-state index contributed by atoms with van der Waals surface area (Å²) < 4.78 is 5.00. The summed E-state index contributed by atoms with van der Waals surface area (Å²) in [6.07, 6.45) is 4.13. The number of para-hydroxylation sites is 1. The lowest BCUT2D eigenvalue weighted by atomic mass is 10.1. The molecule has 1 aromatic heterocycles. The highest BCUT2D eigenvalue weighted by Crippen LogP contribution is 2.22. The van der Waals surface area contributed by atoms with Crippen LogP contribution in [0.5, 0.6) is 0 Å².